The number of likely N-dealkylation sites (tertiary alicyclic amines) is 1. The van der Waals surface area contributed by atoms with Crippen LogP contribution in [0, 0.1) is 0 Å². The first-order valence-corrected chi connectivity index (χ1v) is 9.28. The van der Waals surface area contributed by atoms with Crippen LogP contribution in [-0.4, -0.2) is 55.9 Å². The molecule has 2 amide bonds. The van der Waals surface area contributed by atoms with E-state index in [1.165, 1.54) is 6.42 Å². The highest BCUT2D eigenvalue weighted by Gasteiger charge is 2.25. The molecule has 2 aliphatic rings. The summed E-state index contributed by atoms with van der Waals surface area (Å²) in [5, 5.41) is 9.24. The van der Waals surface area contributed by atoms with Crippen molar-refractivity contribution in [3.63, 3.8) is 0 Å². The van der Waals surface area contributed by atoms with Gasteiger partial charge in [0.05, 0.1) is 6.54 Å². The Bertz CT molecular complexity index is 688. The second kappa shape index (κ2) is 10.5. The number of carbonyl (C=O) groups excluding carboxylic acids is 2. The molecule has 0 aliphatic carbocycles. The molecule has 0 aromatic heterocycles. The number of guanidine groups is 1. The lowest BCUT2D eigenvalue weighted by atomic mass is 9.90. The first-order valence-electron chi connectivity index (χ1n) is 9.28. The maximum Gasteiger partial charge on any atom is 0.241 e. The van der Waals surface area contributed by atoms with Gasteiger partial charge in [-0.3, -0.25) is 14.6 Å². The Morgan fingerprint density at radius 2 is 1.96 bits per heavy atom. The number of carbonyl (C=O) groups is 2. The summed E-state index contributed by atoms with van der Waals surface area (Å²) in [7, 11) is 1.68. The molecule has 1 saturated heterocycles. The van der Waals surface area contributed by atoms with E-state index in [0.29, 0.717) is 18.9 Å². The average Bonchev–Trinajstić information content (AvgIpc) is 2.68. The van der Waals surface area contributed by atoms with Crippen LogP contribution in [0.4, 0.5) is 5.69 Å². The zero-order valence-corrected chi connectivity index (χ0v) is 18.0. The predicted octanol–water partition coefficient (Wildman–Crippen LogP) is 1.91. The topological polar surface area (TPSA) is 85.8 Å². The van der Waals surface area contributed by atoms with Crippen molar-refractivity contribution in [1.29, 1.82) is 0 Å². The number of anilines is 1. The van der Waals surface area contributed by atoms with E-state index < -0.39 is 0 Å². The Morgan fingerprint density at radius 1 is 1.22 bits per heavy atom. The number of halogens is 1. The van der Waals surface area contributed by atoms with Gasteiger partial charge in [0.25, 0.3) is 0 Å². The van der Waals surface area contributed by atoms with Crippen molar-refractivity contribution < 1.29 is 9.59 Å². The molecule has 148 valence electrons. The second-order valence-corrected chi connectivity index (χ2v) is 6.78. The van der Waals surface area contributed by atoms with Gasteiger partial charge in [-0.25, -0.2) is 0 Å². The van der Waals surface area contributed by atoms with Crippen LogP contribution in [0.2, 0.25) is 0 Å². The molecule has 0 spiro atoms. The van der Waals surface area contributed by atoms with Gasteiger partial charge >= 0.3 is 0 Å². The van der Waals surface area contributed by atoms with E-state index in [-0.39, 0.29) is 48.3 Å². The fourth-order valence-corrected chi connectivity index (χ4v) is 3.54. The Labute approximate surface area is 177 Å². The molecule has 8 heteroatoms. The minimum atomic E-state index is 0. The van der Waals surface area contributed by atoms with Crippen LogP contribution in [0.15, 0.2) is 29.3 Å². The number of aliphatic imine (C=N–C) groups is 1. The lowest BCUT2D eigenvalue weighted by Crippen LogP contribution is -2.47. The maximum absolute atomic E-state index is 12.3. The van der Waals surface area contributed by atoms with Gasteiger partial charge in [-0.15, -0.1) is 24.0 Å². The van der Waals surface area contributed by atoms with Gasteiger partial charge in [-0.2, -0.15) is 0 Å². The third-order valence-electron chi connectivity index (χ3n) is 4.96. The number of para-hydroxylation sites is 1. The molecule has 3 rings (SSSR count). The van der Waals surface area contributed by atoms with E-state index in [1.54, 1.807) is 7.05 Å². The molecule has 2 heterocycles. The van der Waals surface area contributed by atoms with Gasteiger partial charge in [0.1, 0.15) is 0 Å². The molecule has 2 aliphatic heterocycles. The van der Waals surface area contributed by atoms with Crippen LogP contribution >= 0.6 is 24.0 Å². The number of rotatable bonds is 4. The highest BCUT2D eigenvalue weighted by Crippen LogP contribution is 2.31. The number of hydrogen-bond donors (Lipinski definition) is 3. The average molecular weight is 485 g/mol. The smallest absolute Gasteiger partial charge is 0.241 e. The summed E-state index contributed by atoms with van der Waals surface area (Å²) in [4.78, 5) is 30.3. The van der Waals surface area contributed by atoms with E-state index in [0.717, 1.165) is 37.2 Å². The molecule has 3 N–H and O–H groups in total. The number of piperidine rings is 1. The van der Waals surface area contributed by atoms with E-state index in [1.807, 2.05) is 29.2 Å². The van der Waals surface area contributed by atoms with Gasteiger partial charge in [0.15, 0.2) is 5.96 Å². The van der Waals surface area contributed by atoms with E-state index >= 15 is 0 Å². The number of fused-ring (bicyclic) bond motifs is 1. The molecule has 0 radical (unpaired) electrons. The molecule has 1 unspecified atom stereocenters. The lowest BCUT2D eigenvalue weighted by Gasteiger charge is -2.28. The quantitative estimate of drug-likeness (QED) is 0.346. The third-order valence-corrected chi connectivity index (χ3v) is 4.96. The number of nitrogens with zero attached hydrogens (tertiary/aromatic N) is 2. The van der Waals surface area contributed by atoms with Gasteiger partial charge in [-0.05, 0) is 30.9 Å². The zero-order valence-electron chi connectivity index (χ0n) is 15.7. The molecule has 1 atom stereocenters. The molecule has 7 nitrogen and oxygen atoms in total. The standard InChI is InChI=1S/C19H27N5O2.HI/c1-20-19(22-13-18(26)24-9-5-2-6-10-24)21-12-14-11-17(25)23-16-8-4-3-7-15(14)16;/h3-4,7-8,14H,2,5-6,9-13H2,1H3,(H,23,25)(H2,20,21,22);1H. The van der Waals surface area contributed by atoms with Crippen molar-refractivity contribution in [3.8, 4) is 0 Å². The number of benzene rings is 1. The second-order valence-electron chi connectivity index (χ2n) is 6.78. The molecule has 1 aromatic rings. The molecular weight excluding hydrogens is 457 g/mol. The first-order chi connectivity index (χ1) is 12.7. The van der Waals surface area contributed by atoms with Crippen molar-refractivity contribution in [2.24, 2.45) is 4.99 Å². The fourth-order valence-electron chi connectivity index (χ4n) is 3.54. The van der Waals surface area contributed by atoms with Crippen molar-refractivity contribution in [2.45, 2.75) is 31.6 Å². The van der Waals surface area contributed by atoms with Crippen molar-refractivity contribution in [2.75, 3.05) is 38.5 Å². The molecular formula is C19H28IN5O2. The number of amides is 2. The molecule has 1 fully saturated rings. The van der Waals surface area contributed by atoms with Crippen LogP contribution in [0.1, 0.15) is 37.2 Å². The summed E-state index contributed by atoms with van der Waals surface area (Å²) in [5.41, 5.74) is 2.00. The summed E-state index contributed by atoms with van der Waals surface area (Å²) in [6, 6.07) is 7.86. The lowest BCUT2D eigenvalue weighted by molar-refractivity contribution is -0.130. The van der Waals surface area contributed by atoms with Crippen molar-refractivity contribution >= 4 is 47.4 Å². The Hall–Kier alpha value is -1.84. The van der Waals surface area contributed by atoms with Crippen molar-refractivity contribution in [3.05, 3.63) is 29.8 Å². The van der Waals surface area contributed by atoms with E-state index in [4.69, 9.17) is 0 Å². The Balaban J connectivity index is 0.00000261. The van der Waals surface area contributed by atoms with Crippen LogP contribution < -0.4 is 16.0 Å². The number of hydrogen-bond acceptors (Lipinski definition) is 3. The summed E-state index contributed by atoms with van der Waals surface area (Å²) in [6.45, 7) is 2.52. The number of nitrogens with one attached hydrogen (secondary N) is 3. The fraction of sp³-hybridized carbons (Fsp3) is 0.526. The zero-order chi connectivity index (χ0) is 18.4. The molecule has 0 bridgehead atoms. The van der Waals surface area contributed by atoms with Gasteiger partial charge < -0.3 is 20.9 Å². The summed E-state index contributed by atoms with van der Waals surface area (Å²) in [6.07, 6.45) is 3.81. The molecule has 1 aromatic carbocycles. The third kappa shape index (κ3) is 5.82. The molecule has 0 saturated carbocycles. The van der Waals surface area contributed by atoms with Gasteiger partial charge in [-0.1, -0.05) is 18.2 Å². The Kier molecular flexibility index (Phi) is 8.33. The van der Waals surface area contributed by atoms with E-state index in [2.05, 4.69) is 20.9 Å². The largest absolute Gasteiger partial charge is 0.356 e. The predicted molar refractivity (Wildman–Crippen MR) is 118 cm³/mol. The van der Waals surface area contributed by atoms with E-state index in [9.17, 15) is 9.59 Å². The monoisotopic (exact) mass is 485 g/mol. The summed E-state index contributed by atoms with van der Waals surface area (Å²) >= 11 is 0. The van der Waals surface area contributed by atoms with Crippen molar-refractivity contribution in [1.82, 2.24) is 15.5 Å². The Morgan fingerprint density at radius 3 is 2.70 bits per heavy atom. The SMILES string of the molecule is CN=C(NCC(=O)N1CCCCC1)NCC1CC(=O)Nc2ccccc21.I. The van der Waals surface area contributed by atoms with Crippen LogP contribution in [0.25, 0.3) is 0 Å². The summed E-state index contributed by atoms with van der Waals surface area (Å²) in [5.74, 6) is 0.795. The van der Waals surface area contributed by atoms with Gasteiger partial charge in [0, 0.05) is 44.7 Å². The molecule has 27 heavy (non-hydrogen) atoms. The van der Waals surface area contributed by atoms with Gasteiger partial charge in [0.2, 0.25) is 11.8 Å². The minimum Gasteiger partial charge on any atom is -0.356 e. The van der Waals surface area contributed by atoms with Crippen LogP contribution in [-0.2, 0) is 9.59 Å². The highest BCUT2D eigenvalue weighted by atomic mass is 127. The minimum absolute atomic E-state index is 0. The highest BCUT2D eigenvalue weighted by molar-refractivity contribution is 14.0. The van der Waals surface area contributed by atoms with Crippen LogP contribution in [0.5, 0.6) is 0 Å². The first kappa shape index (κ1) is 21.5. The maximum atomic E-state index is 12.3. The summed E-state index contributed by atoms with van der Waals surface area (Å²) < 4.78 is 0. The van der Waals surface area contributed by atoms with Crippen LogP contribution in [0.3, 0.4) is 0 Å². The normalized spacial score (nSPS) is 19.4.